The molecule has 27 heavy (non-hydrogen) atoms. The second kappa shape index (κ2) is 6.66. The van der Waals surface area contributed by atoms with E-state index in [1.54, 1.807) is 27.8 Å². The zero-order chi connectivity index (χ0) is 19.1. The van der Waals surface area contributed by atoms with Gasteiger partial charge in [-0.15, -0.1) is 10.2 Å². The van der Waals surface area contributed by atoms with Crippen molar-refractivity contribution in [3.63, 3.8) is 0 Å². The summed E-state index contributed by atoms with van der Waals surface area (Å²) in [6, 6.07) is 4.98. The molecule has 9 nitrogen and oxygen atoms in total. The molecule has 0 spiro atoms. The number of amides is 1. The Morgan fingerprint density at radius 1 is 1.41 bits per heavy atom. The summed E-state index contributed by atoms with van der Waals surface area (Å²) in [5.41, 5.74) is 3.10. The average molecular weight is 388 g/mol. The Hall–Kier alpha value is -2.94. The number of fused-ring (bicyclic) bond motifs is 1. The lowest BCUT2D eigenvalue weighted by Gasteiger charge is -2.33. The highest BCUT2D eigenvalue weighted by Gasteiger charge is 2.34. The largest absolute Gasteiger partial charge is 0.495 e. The molecule has 1 aromatic carbocycles. The van der Waals surface area contributed by atoms with Crippen LogP contribution in [0.25, 0.3) is 11.5 Å². The second-order valence-electron chi connectivity index (χ2n) is 6.32. The molecule has 0 saturated carbocycles. The lowest BCUT2D eigenvalue weighted by atomic mass is 9.97. The molecule has 0 aliphatic carbocycles. The van der Waals surface area contributed by atoms with Crippen molar-refractivity contribution in [2.24, 2.45) is 7.05 Å². The van der Waals surface area contributed by atoms with Crippen LogP contribution in [0.15, 0.2) is 18.2 Å². The van der Waals surface area contributed by atoms with Crippen molar-refractivity contribution in [2.75, 3.05) is 13.7 Å². The number of aromatic nitrogens is 6. The van der Waals surface area contributed by atoms with Crippen LogP contribution in [0, 0.1) is 0 Å². The van der Waals surface area contributed by atoms with E-state index in [1.807, 2.05) is 14.0 Å². The first-order valence-electron chi connectivity index (χ1n) is 8.46. The van der Waals surface area contributed by atoms with Crippen LogP contribution in [0.2, 0.25) is 5.02 Å². The maximum absolute atomic E-state index is 13.1. The average Bonchev–Trinajstić information content (AvgIpc) is 3.29. The molecule has 140 valence electrons. The maximum Gasteiger partial charge on any atom is 0.256 e. The molecule has 3 heterocycles. The van der Waals surface area contributed by atoms with Crippen LogP contribution in [0.5, 0.6) is 5.75 Å². The van der Waals surface area contributed by atoms with E-state index in [0.29, 0.717) is 35.1 Å². The van der Waals surface area contributed by atoms with Gasteiger partial charge in [-0.25, -0.2) is 0 Å². The first-order chi connectivity index (χ1) is 13.0. The van der Waals surface area contributed by atoms with Crippen LogP contribution in [-0.2, 0) is 13.5 Å². The van der Waals surface area contributed by atoms with E-state index < -0.39 is 0 Å². The summed E-state index contributed by atoms with van der Waals surface area (Å²) in [6.07, 6.45) is 0.644. The fourth-order valence-electron chi connectivity index (χ4n) is 3.55. The first-order valence-corrected chi connectivity index (χ1v) is 8.83. The fraction of sp³-hybridized carbons (Fsp3) is 0.353. The van der Waals surface area contributed by atoms with Gasteiger partial charge in [-0.1, -0.05) is 17.7 Å². The molecule has 1 unspecified atom stereocenters. The molecule has 1 aliphatic heterocycles. The molecular weight excluding hydrogens is 370 g/mol. The molecule has 1 N–H and O–H groups in total. The Kier molecular flexibility index (Phi) is 4.31. The number of carbonyl (C=O) groups excluding carboxylic acids is 1. The molecule has 1 amide bonds. The third-order valence-electron chi connectivity index (χ3n) is 4.87. The van der Waals surface area contributed by atoms with Gasteiger partial charge in [0.1, 0.15) is 11.4 Å². The van der Waals surface area contributed by atoms with Gasteiger partial charge >= 0.3 is 0 Å². The SMILES string of the molecule is COc1cccc(C(=O)N2CCc3c(nn(C)c3-c3nn[nH]n3)C2C)c1Cl. The van der Waals surface area contributed by atoms with E-state index in [2.05, 4.69) is 25.7 Å². The van der Waals surface area contributed by atoms with E-state index in [-0.39, 0.29) is 11.9 Å². The number of aromatic amines is 1. The summed E-state index contributed by atoms with van der Waals surface area (Å²) < 4.78 is 6.96. The second-order valence-corrected chi connectivity index (χ2v) is 6.70. The van der Waals surface area contributed by atoms with Gasteiger partial charge in [0.25, 0.3) is 5.91 Å². The molecule has 0 saturated heterocycles. The number of nitrogens with zero attached hydrogens (tertiary/aromatic N) is 6. The van der Waals surface area contributed by atoms with Gasteiger partial charge in [-0.05, 0) is 30.7 Å². The van der Waals surface area contributed by atoms with Gasteiger partial charge in [0, 0.05) is 19.2 Å². The van der Waals surface area contributed by atoms with Gasteiger partial charge in [-0.3, -0.25) is 9.48 Å². The van der Waals surface area contributed by atoms with Crippen LogP contribution < -0.4 is 4.74 Å². The minimum absolute atomic E-state index is 0.149. The highest BCUT2D eigenvalue weighted by molar-refractivity contribution is 6.35. The lowest BCUT2D eigenvalue weighted by molar-refractivity contribution is 0.0673. The number of methoxy groups -OCH3 is 1. The maximum atomic E-state index is 13.1. The molecule has 1 aliphatic rings. The molecule has 0 fully saturated rings. The molecule has 1 atom stereocenters. The molecule has 10 heteroatoms. The minimum atomic E-state index is -0.213. The summed E-state index contributed by atoms with van der Waals surface area (Å²) in [5, 5.41) is 19.2. The number of aryl methyl sites for hydroxylation is 1. The van der Waals surface area contributed by atoms with E-state index in [4.69, 9.17) is 16.3 Å². The first kappa shape index (κ1) is 17.5. The summed E-state index contributed by atoms with van der Waals surface area (Å²) >= 11 is 6.35. The minimum Gasteiger partial charge on any atom is -0.495 e. The van der Waals surface area contributed by atoms with Crippen molar-refractivity contribution in [3.8, 4) is 17.3 Å². The Morgan fingerprint density at radius 3 is 2.93 bits per heavy atom. The number of rotatable bonds is 3. The Labute approximate surface area is 160 Å². The number of hydrogen-bond acceptors (Lipinski definition) is 6. The topological polar surface area (TPSA) is 102 Å². The standard InChI is InChI=1S/C17H18ClN7O2/c1-9-14-11(15(24(2)21-14)16-19-22-23-20-16)7-8-25(9)17(26)10-5-4-6-12(27-3)13(10)18/h4-6,9H,7-8H2,1-3H3,(H,19,20,22,23). The number of nitrogens with one attached hydrogen (secondary N) is 1. The molecule has 4 rings (SSSR count). The highest BCUT2D eigenvalue weighted by Crippen LogP contribution is 2.36. The van der Waals surface area contributed by atoms with Crippen LogP contribution >= 0.6 is 11.6 Å². The monoisotopic (exact) mass is 387 g/mol. The zero-order valence-corrected chi connectivity index (χ0v) is 15.9. The van der Waals surface area contributed by atoms with E-state index >= 15 is 0 Å². The number of carbonyl (C=O) groups is 1. The lowest BCUT2D eigenvalue weighted by Crippen LogP contribution is -2.39. The zero-order valence-electron chi connectivity index (χ0n) is 15.1. The number of halogens is 1. The number of benzene rings is 1. The fourth-order valence-corrected chi connectivity index (χ4v) is 3.84. The number of hydrogen-bond donors (Lipinski definition) is 1. The van der Waals surface area contributed by atoms with Gasteiger partial charge in [0.15, 0.2) is 0 Å². The molecular formula is C17H18ClN7O2. The number of ether oxygens (including phenoxy) is 1. The van der Waals surface area contributed by atoms with Crippen LogP contribution in [0.3, 0.4) is 0 Å². The predicted octanol–water partition coefficient (Wildman–Crippen LogP) is 2.02. The molecule has 2 aromatic heterocycles. The van der Waals surface area contributed by atoms with E-state index in [9.17, 15) is 4.79 Å². The highest BCUT2D eigenvalue weighted by atomic mass is 35.5. The number of tetrazole rings is 1. The van der Waals surface area contributed by atoms with Crippen LogP contribution in [0.4, 0.5) is 0 Å². The summed E-state index contributed by atoms with van der Waals surface area (Å²) in [7, 11) is 3.36. The summed E-state index contributed by atoms with van der Waals surface area (Å²) in [6.45, 7) is 2.49. The van der Waals surface area contributed by atoms with Gasteiger partial charge in [-0.2, -0.15) is 10.3 Å². The van der Waals surface area contributed by atoms with E-state index in [1.165, 1.54) is 7.11 Å². The summed E-state index contributed by atoms with van der Waals surface area (Å²) in [4.78, 5) is 14.9. The third-order valence-corrected chi connectivity index (χ3v) is 5.26. The van der Waals surface area contributed by atoms with Gasteiger partial charge in [0.05, 0.1) is 29.4 Å². The quantitative estimate of drug-likeness (QED) is 0.737. The van der Waals surface area contributed by atoms with Crippen LogP contribution in [-0.4, -0.2) is 54.9 Å². The van der Waals surface area contributed by atoms with Crippen molar-refractivity contribution in [1.29, 1.82) is 0 Å². The van der Waals surface area contributed by atoms with Gasteiger partial charge in [0.2, 0.25) is 5.82 Å². The molecule has 0 radical (unpaired) electrons. The third kappa shape index (κ3) is 2.74. The number of H-pyrrole nitrogens is 1. The normalized spacial score (nSPS) is 16.3. The van der Waals surface area contributed by atoms with Crippen molar-refractivity contribution >= 4 is 17.5 Å². The van der Waals surface area contributed by atoms with Crippen molar-refractivity contribution < 1.29 is 9.53 Å². The Bertz CT molecular complexity index is 999. The predicted molar refractivity (Wildman–Crippen MR) is 97.5 cm³/mol. The Morgan fingerprint density at radius 2 is 2.22 bits per heavy atom. The van der Waals surface area contributed by atoms with Crippen molar-refractivity contribution in [1.82, 2.24) is 35.3 Å². The van der Waals surface area contributed by atoms with Crippen LogP contribution in [0.1, 0.15) is 34.6 Å². The van der Waals surface area contributed by atoms with Crippen molar-refractivity contribution in [2.45, 2.75) is 19.4 Å². The van der Waals surface area contributed by atoms with E-state index in [0.717, 1.165) is 17.0 Å². The molecule has 0 bridgehead atoms. The van der Waals surface area contributed by atoms with Gasteiger partial charge < -0.3 is 9.64 Å². The molecule has 3 aromatic rings. The smallest absolute Gasteiger partial charge is 0.256 e. The van der Waals surface area contributed by atoms with Crippen molar-refractivity contribution in [3.05, 3.63) is 40.0 Å². The Balaban J connectivity index is 1.70. The summed E-state index contributed by atoms with van der Waals surface area (Å²) in [5.74, 6) is 0.822.